The van der Waals surface area contributed by atoms with Crippen molar-refractivity contribution in [3.05, 3.63) is 108 Å². The molecule has 0 radical (unpaired) electrons. The number of fused-ring (bicyclic) bond motifs is 1. The summed E-state index contributed by atoms with van der Waals surface area (Å²) in [7, 11) is 0. The molecule has 2 amide bonds. The van der Waals surface area contributed by atoms with E-state index in [1.165, 1.54) is 10.8 Å². The number of amides is 2. The molecule has 1 fully saturated rings. The molecule has 1 unspecified atom stereocenters. The van der Waals surface area contributed by atoms with Crippen molar-refractivity contribution in [2.45, 2.75) is 25.4 Å². The van der Waals surface area contributed by atoms with Gasteiger partial charge in [-0.2, -0.15) is 0 Å². The lowest BCUT2D eigenvalue weighted by atomic mass is 10.0. The first-order valence-electron chi connectivity index (χ1n) is 12.5. The van der Waals surface area contributed by atoms with Gasteiger partial charge < -0.3 is 15.5 Å². The van der Waals surface area contributed by atoms with Crippen LogP contribution in [0.3, 0.4) is 0 Å². The molecule has 0 saturated carbocycles. The maximum Gasteiger partial charge on any atom is 0.236 e. The zero-order valence-corrected chi connectivity index (χ0v) is 20.3. The van der Waals surface area contributed by atoms with Crippen LogP contribution in [0, 0.1) is 0 Å². The normalized spacial score (nSPS) is 16.1. The molecule has 36 heavy (non-hydrogen) atoms. The Kier molecular flexibility index (Phi) is 7.39. The van der Waals surface area contributed by atoms with Gasteiger partial charge in [-0.05, 0) is 45.5 Å². The van der Waals surface area contributed by atoms with Crippen LogP contribution in [0.2, 0.25) is 0 Å². The number of rotatable bonds is 7. The van der Waals surface area contributed by atoms with Crippen molar-refractivity contribution < 1.29 is 9.59 Å². The predicted molar refractivity (Wildman–Crippen MR) is 144 cm³/mol. The highest BCUT2D eigenvalue weighted by atomic mass is 16.2. The summed E-state index contributed by atoms with van der Waals surface area (Å²) in [5.41, 5.74) is 4.42. The van der Waals surface area contributed by atoms with Gasteiger partial charge in [0.05, 0.1) is 13.0 Å². The minimum Gasteiger partial charge on any atom is -0.354 e. The van der Waals surface area contributed by atoms with Crippen molar-refractivity contribution in [3.63, 3.8) is 0 Å². The monoisotopic (exact) mass is 477 g/mol. The van der Waals surface area contributed by atoms with Crippen molar-refractivity contribution in [2.75, 3.05) is 19.6 Å². The van der Waals surface area contributed by atoms with Gasteiger partial charge in [-0.1, -0.05) is 91.0 Å². The third kappa shape index (κ3) is 5.99. The van der Waals surface area contributed by atoms with Crippen molar-refractivity contribution in [1.29, 1.82) is 0 Å². The Morgan fingerprint density at radius 3 is 2.33 bits per heavy atom. The molecule has 5 nitrogen and oxygen atoms in total. The molecule has 4 aromatic rings. The van der Waals surface area contributed by atoms with Crippen molar-refractivity contribution in [3.8, 4) is 11.1 Å². The molecule has 1 atom stereocenters. The first-order valence-corrected chi connectivity index (χ1v) is 12.5. The van der Waals surface area contributed by atoms with Gasteiger partial charge in [-0.25, -0.2) is 0 Å². The van der Waals surface area contributed by atoms with Gasteiger partial charge in [0.25, 0.3) is 0 Å². The lowest BCUT2D eigenvalue weighted by molar-refractivity contribution is -0.130. The van der Waals surface area contributed by atoms with Crippen LogP contribution in [0.1, 0.15) is 17.5 Å². The van der Waals surface area contributed by atoms with Gasteiger partial charge in [0.2, 0.25) is 11.8 Å². The summed E-state index contributed by atoms with van der Waals surface area (Å²) >= 11 is 0. The Bertz CT molecular complexity index is 1340. The summed E-state index contributed by atoms with van der Waals surface area (Å²) in [5, 5.41) is 8.75. The molecule has 1 heterocycles. The molecule has 1 aliphatic rings. The quantitative estimate of drug-likeness (QED) is 0.410. The molecule has 4 aromatic carbocycles. The van der Waals surface area contributed by atoms with E-state index in [1.807, 2.05) is 47.4 Å². The zero-order chi connectivity index (χ0) is 24.7. The van der Waals surface area contributed by atoms with Crippen LogP contribution in [-0.2, 0) is 22.6 Å². The molecular formula is C31H31N3O2. The van der Waals surface area contributed by atoms with Crippen LogP contribution in [0.5, 0.6) is 0 Å². The van der Waals surface area contributed by atoms with E-state index in [-0.39, 0.29) is 24.4 Å². The Morgan fingerprint density at radius 1 is 0.833 bits per heavy atom. The van der Waals surface area contributed by atoms with Crippen LogP contribution >= 0.6 is 0 Å². The number of hydrogen-bond acceptors (Lipinski definition) is 3. The smallest absolute Gasteiger partial charge is 0.236 e. The van der Waals surface area contributed by atoms with Crippen LogP contribution in [-0.4, -0.2) is 42.4 Å². The van der Waals surface area contributed by atoms with Crippen molar-refractivity contribution in [2.24, 2.45) is 0 Å². The molecule has 1 saturated heterocycles. The van der Waals surface area contributed by atoms with E-state index >= 15 is 0 Å². The fourth-order valence-corrected chi connectivity index (χ4v) is 4.71. The number of hydrogen-bond donors (Lipinski definition) is 2. The Labute approximate surface area is 212 Å². The highest BCUT2D eigenvalue weighted by Crippen LogP contribution is 2.20. The lowest BCUT2D eigenvalue weighted by Crippen LogP contribution is -2.42. The topological polar surface area (TPSA) is 61.4 Å². The number of carbonyl (C=O) groups excluding carboxylic acids is 2. The Balaban J connectivity index is 1.10. The SMILES string of the molecule is O=C(Cc1ccc(-c2ccccc2)cc1)NCC1CCN(Cc2ccc3ccccc3c2)C(=O)CN1. The Morgan fingerprint density at radius 2 is 1.53 bits per heavy atom. The van der Waals surface area contributed by atoms with Gasteiger partial charge in [0.15, 0.2) is 0 Å². The van der Waals surface area contributed by atoms with Gasteiger partial charge in [0.1, 0.15) is 0 Å². The minimum absolute atomic E-state index is 0.00662. The van der Waals surface area contributed by atoms with Gasteiger partial charge >= 0.3 is 0 Å². The van der Waals surface area contributed by atoms with E-state index in [1.54, 1.807) is 0 Å². The van der Waals surface area contributed by atoms with E-state index in [0.29, 0.717) is 26.1 Å². The maximum absolute atomic E-state index is 12.7. The molecule has 182 valence electrons. The van der Waals surface area contributed by atoms with E-state index in [2.05, 4.69) is 65.2 Å². The van der Waals surface area contributed by atoms with Gasteiger partial charge in [-0.3, -0.25) is 9.59 Å². The summed E-state index contributed by atoms with van der Waals surface area (Å²) in [6.45, 7) is 2.07. The zero-order valence-electron chi connectivity index (χ0n) is 20.3. The van der Waals surface area contributed by atoms with Crippen molar-refractivity contribution in [1.82, 2.24) is 15.5 Å². The molecule has 5 heteroatoms. The number of nitrogens with zero attached hydrogens (tertiary/aromatic N) is 1. The third-order valence-electron chi connectivity index (χ3n) is 6.80. The standard InChI is InChI=1S/C31H31N3O2/c35-30(19-23-10-13-27(14-11-23)25-6-2-1-3-7-25)33-20-29-16-17-34(31(36)21-32-29)22-24-12-15-26-8-4-5-9-28(26)18-24/h1-15,18,29,32H,16-17,19-22H2,(H,33,35). The average Bonchev–Trinajstić information content (AvgIpc) is 3.09. The Hall–Kier alpha value is -3.96. The fourth-order valence-electron chi connectivity index (χ4n) is 4.71. The largest absolute Gasteiger partial charge is 0.354 e. The summed E-state index contributed by atoms with van der Waals surface area (Å²) in [6.07, 6.45) is 1.14. The summed E-state index contributed by atoms with van der Waals surface area (Å²) < 4.78 is 0. The fraction of sp³-hybridized carbons (Fsp3) is 0.226. The average molecular weight is 478 g/mol. The lowest BCUT2D eigenvalue weighted by Gasteiger charge is -2.21. The number of carbonyl (C=O) groups is 2. The van der Waals surface area contributed by atoms with Crippen LogP contribution in [0.4, 0.5) is 0 Å². The number of benzene rings is 4. The number of nitrogens with one attached hydrogen (secondary N) is 2. The summed E-state index contributed by atoms with van der Waals surface area (Å²) in [5.74, 6) is 0.0864. The second-order valence-corrected chi connectivity index (χ2v) is 9.41. The van der Waals surface area contributed by atoms with Gasteiger partial charge in [0, 0.05) is 25.7 Å². The van der Waals surface area contributed by atoms with Crippen LogP contribution in [0.15, 0.2) is 97.1 Å². The minimum atomic E-state index is -0.00662. The molecule has 2 N–H and O–H groups in total. The summed E-state index contributed by atoms with van der Waals surface area (Å²) in [6, 6.07) is 33.0. The second-order valence-electron chi connectivity index (χ2n) is 9.41. The van der Waals surface area contributed by atoms with Gasteiger partial charge in [-0.15, -0.1) is 0 Å². The predicted octanol–water partition coefficient (Wildman–Crippen LogP) is 4.56. The molecule has 0 aromatic heterocycles. The highest BCUT2D eigenvalue weighted by Gasteiger charge is 2.22. The highest BCUT2D eigenvalue weighted by molar-refractivity contribution is 5.83. The molecule has 0 aliphatic carbocycles. The van der Waals surface area contributed by atoms with E-state index in [9.17, 15) is 9.59 Å². The maximum atomic E-state index is 12.7. The summed E-state index contributed by atoms with van der Waals surface area (Å²) in [4.78, 5) is 27.2. The van der Waals surface area contributed by atoms with E-state index in [0.717, 1.165) is 28.7 Å². The van der Waals surface area contributed by atoms with Crippen LogP contribution < -0.4 is 10.6 Å². The molecule has 0 spiro atoms. The second kappa shape index (κ2) is 11.2. The van der Waals surface area contributed by atoms with E-state index in [4.69, 9.17) is 0 Å². The van der Waals surface area contributed by atoms with Crippen molar-refractivity contribution >= 4 is 22.6 Å². The molecule has 5 rings (SSSR count). The first kappa shape index (κ1) is 23.8. The van der Waals surface area contributed by atoms with Crippen LogP contribution in [0.25, 0.3) is 21.9 Å². The first-order chi connectivity index (χ1) is 17.6. The van der Waals surface area contributed by atoms with E-state index < -0.39 is 0 Å². The molecular weight excluding hydrogens is 446 g/mol. The molecule has 1 aliphatic heterocycles. The molecule has 0 bridgehead atoms. The third-order valence-corrected chi connectivity index (χ3v) is 6.80.